The quantitative estimate of drug-likeness (QED) is 0.816. The number of likely N-dealkylation sites (tertiary alicyclic amines) is 1. The lowest BCUT2D eigenvalue weighted by atomic mass is 9.49. The van der Waals surface area contributed by atoms with E-state index in [9.17, 15) is 4.79 Å². The van der Waals surface area contributed by atoms with Gasteiger partial charge in [-0.25, -0.2) is 4.98 Å². The summed E-state index contributed by atoms with van der Waals surface area (Å²) in [4.78, 5) is 24.3. The highest BCUT2D eigenvalue weighted by atomic mass is 16.5. The fourth-order valence-corrected chi connectivity index (χ4v) is 6.80. The molecule has 0 N–H and O–H groups in total. The zero-order chi connectivity index (χ0) is 18.6. The van der Waals surface area contributed by atoms with Crippen LogP contribution in [0.5, 0.6) is 5.88 Å². The molecule has 6 rings (SSSR count). The van der Waals surface area contributed by atoms with Gasteiger partial charge in [0.25, 0.3) is 0 Å². The molecule has 27 heavy (non-hydrogen) atoms. The van der Waals surface area contributed by atoms with Gasteiger partial charge in [0.1, 0.15) is 11.9 Å². The van der Waals surface area contributed by atoms with Crippen molar-refractivity contribution in [3.63, 3.8) is 0 Å². The van der Waals surface area contributed by atoms with Crippen LogP contribution < -0.4 is 4.74 Å². The summed E-state index contributed by atoms with van der Waals surface area (Å²) in [7, 11) is 0. The first-order valence-corrected chi connectivity index (χ1v) is 10.8. The number of ether oxygens (including phenoxy) is 1. The SMILES string of the molecule is Cc1cc(OC2CCN(C(=O)C34CC5CC(CC(C5)C3)C4)CC2)nc(C)n1. The van der Waals surface area contributed by atoms with Crippen LogP contribution in [0, 0.1) is 37.0 Å². The summed E-state index contributed by atoms with van der Waals surface area (Å²) in [5, 5.41) is 0. The first kappa shape index (κ1) is 17.4. The lowest BCUT2D eigenvalue weighted by molar-refractivity contribution is -0.159. The van der Waals surface area contributed by atoms with Crippen molar-refractivity contribution in [1.82, 2.24) is 14.9 Å². The first-order valence-electron chi connectivity index (χ1n) is 10.8. The van der Waals surface area contributed by atoms with Crippen LogP contribution in [0.2, 0.25) is 0 Å². The predicted octanol–water partition coefficient (Wildman–Crippen LogP) is 3.68. The van der Waals surface area contributed by atoms with E-state index in [2.05, 4.69) is 14.9 Å². The Morgan fingerprint density at radius 1 is 1.04 bits per heavy atom. The second kappa shape index (κ2) is 6.46. The highest BCUT2D eigenvalue weighted by Gasteiger charge is 2.55. The Kier molecular flexibility index (Phi) is 4.17. The molecule has 146 valence electrons. The van der Waals surface area contributed by atoms with Crippen LogP contribution in [0.1, 0.15) is 62.9 Å². The standard InChI is InChI=1S/C22H31N3O2/c1-14-7-20(24-15(2)23-14)27-19-3-5-25(6-4-19)21(26)22-11-16-8-17(12-22)10-18(9-16)13-22/h7,16-19H,3-6,8-13H2,1-2H3. The summed E-state index contributed by atoms with van der Waals surface area (Å²) >= 11 is 0. The second-order valence-corrected chi connectivity index (χ2v) is 9.70. The molecule has 0 atom stereocenters. The van der Waals surface area contributed by atoms with Gasteiger partial charge in [0.15, 0.2) is 0 Å². The fraction of sp³-hybridized carbons (Fsp3) is 0.773. The normalized spacial score (nSPS) is 35.5. The topological polar surface area (TPSA) is 55.3 Å². The Balaban J connectivity index is 1.21. The number of hydrogen-bond donors (Lipinski definition) is 0. The lowest BCUT2D eigenvalue weighted by Gasteiger charge is -2.57. The van der Waals surface area contributed by atoms with Crippen LogP contribution >= 0.6 is 0 Å². The summed E-state index contributed by atoms with van der Waals surface area (Å²) in [6.45, 7) is 5.52. The summed E-state index contributed by atoms with van der Waals surface area (Å²) in [6, 6.07) is 1.90. The van der Waals surface area contributed by atoms with Gasteiger partial charge in [-0.2, -0.15) is 4.98 Å². The molecule has 1 aromatic heterocycles. The van der Waals surface area contributed by atoms with Gasteiger partial charge in [-0.1, -0.05) is 0 Å². The Morgan fingerprint density at radius 3 is 2.19 bits per heavy atom. The van der Waals surface area contributed by atoms with Crippen molar-refractivity contribution in [3.05, 3.63) is 17.6 Å². The molecule has 1 aliphatic heterocycles. The zero-order valence-electron chi connectivity index (χ0n) is 16.6. The van der Waals surface area contributed by atoms with Crippen LogP contribution in [0.25, 0.3) is 0 Å². The molecular weight excluding hydrogens is 338 g/mol. The molecule has 4 aliphatic carbocycles. The fourth-order valence-electron chi connectivity index (χ4n) is 6.80. The van der Waals surface area contributed by atoms with E-state index in [4.69, 9.17) is 4.74 Å². The number of aromatic nitrogens is 2. The average molecular weight is 370 g/mol. The predicted molar refractivity (Wildman–Crippen MR) is 102 cm³/mol. The molecule has 1 amide bonds. The van der Waals surface area contributed by atoms with E-state index in [0.717, 1.165) is 74.5 Å². The van der Waals surface area contributed by atoms with Crippen LogP contribution in [-0.2, 0) is 4.79 Å². The van der Waals surface area contributed by atoms with Gasteiger partial charge in [-0.3, -0.25) is 4.79 Å². The van der Waals surface area contributed by atoms with Gasteiger partial charge >= 0.3 is 0 Å². The monoisotopic (exact) mass is 369 g/mol. The Morgan fingerprint density at radius 2 is 1.63 bits per heavy atom. The third-order valence-electron chi connectivity index (χ3n) is 7.45. The van der Waals surface area contributed by atoms with Crippen molar-refractivity contribution in [2.45, 2.75) is 71.3 Å². The van der Waals surface area contributed by atoms with Gasteiger partial charge in [-0.05, 0) is 70.1 Å². The number of nitrogens with zero attached hydrogens (tertiary/aromatic N) is 3. The van der Waals surface area contributed by atoms with Crippen molar-refractivity contribution in [2.24, 2.45) is 23.2 Å². The number of aryl methyl sites for hydroxylation is 2. The maximum atomic E-state index is 13.5. The average Bonchev–Trinajstić information content (AvgIpc) is 2.60. The molecule has 5 aliphatic rings. The molecule has 1 saturated heterocycles. The van der Waals surface area contributed by atoms with E-state index >= 15 is 0 Å². The van der Waals surface area contributed by atoms with Crippen molar-refractivity contribution < 1.29 is 9.53 Å². The van der Waals surface area contributed by atoms with E-state index in [0.29, 0.717) is 11.8 Å². The van der Waals surface area contributed by atoms with Gasteiger partial charge < -0.3 is 9.64 Å². The molecule has 5 heteroatoms. The molecule has 0 aromatic carbocycles. The van der Waals surface area contributed by atoms with E-state index in [1.54, 1.807) is 0 Å². The largest absolute Gasteiger partial charge is 0.474 e. The highest BCUT2D eigenvalue weighted by Crippen LogP contribution is 2.60. The number of carbonyl (C=O) groups is 1. The van der Waals surface area contributed by atoms with Crippen LogP contribution in [0.4, 0.5) is 0 Å². The van der Waals surface area contributed by atoms with Gasteiger partial charge in [0.2, 0.25) is 11.8 Å². The van der Waals surface area contributed by atoms with Crippen molar-refractivity contribution in [2.75, 3.05) is 13.1 Å². The number of carbonyl (C=O) groups excluding carboxylic acids is 1. The number of piperidine rings is 1. The molecule has 2 heterocycles. The molecular formula is C22H31N3O2. The molecule has 0 radical (unpaired) electrons. The maximum absolute atomic E-state index is 13.5. The highest BCUT2D eigenvalue weighted by molar-refractivity contribution is 5.83. The van der Waals surface area contributed by atoms with Crippen molar-refractivity contribution >= 4 is 5.91 Å². The Labute approximate surface area is 161 Å². The minimum Gasteiger partial charge on any atom is -0.474 e. The lowest BCUT2D eigenvalue weighted by Crippen LogP contribution is -2.56. The number of amides is 1. The van der Waals surface area contributed by atoms with E-state index in [-0.39, 0.29) is 11.5 Å². The molecule has 5 nitrogen and oxygen atoms in total. The molecule has 1 aromatic rings. The number of rotatable bonds is 3. The van der Waals surface area contributed by atoms with Gasteiger partial charge in [0, 0.05) is 37.7 Å². The van der Waals surface area contributed by atoms with Crippen LogP contribution in [0.3, 0.4) is 0 Å². The van der Waals surface area contributed by atoms with E-state index in [1.807, 2.05) is 19.9 Å². The molecule has 4 saturated carbocycles. The summed E-state index contributed by atoms with van der Waals surface area (Å²) in [5.74, 6) is 4.36. The summed E-state index contributed by atoms with van der Waals surface area (Å²) < 4.78 is 6.11. The Bertz CT molecular complexity index is 684. The minimum absolute atomic E-state index is 0.0106. The molecule has 4 bridgehead atoms. The number of hydrogen-bond acceptors (Lipinski definition) is 4. The molecule has 5 fully saturated rings. The van der Waals surface area contributed by atoms with Crippen LogP contribution in [0.15, 0.2) is 6.07 Å². The Hall–Kier alpha value is -1.65. The third-order valence-corrected chi connectivity index (χ3v) is 7.45. The second-order valence-electron chi connectivity index (χ2n) is 9.70. The first-order chi connectivity index (χ1) is 13.0. The maximum Gasteiger partial charge on any atom is 0.228 e. The minimum atomic E-state index is -0.0106. The van der Waals surface area contributed by atoms with E-state index < -0.39 is 0 Å². The van der Waals surface area contributed by atoms with Crippen LogP contribution in [-0.4, -0.2) is 40.0 Å². The van der Waals surface area contributed by atoms with Crippen molar-refractivity contribution in [1.29, 1.82) is 0 Å². The van der Waals surface area contributed by atoms with E-state index in [1.165, 1.54) is 19.3 Å². The summed E-state index contributed by atoms with van der Waals surface area (Å²) in [5.41, 5.74) is 0.926. The summed E-state index contributed by atoms with van der Waals surface area (Å²) in [6.07, 6.45) is 9.61. The third kappa shape index (κ3) is 3.23. The molecule has 0 unspecified atom stereocenters. The smallest absolute Gasteiger partial charge is 0.228 e. The van der Waals surface area contributed by atoms with Gasteiger partial charge in [-0.15, -0.1) is 0 Å². The van der Waals surface area contributed by atoms with Gasteiger partial charge in [0.05, 0.1) is 5.41 Å². The van der Waals surface area contributed by atoms with Crippen molar-refractivity contribution in [3.8, 4) is 5.88 Å². The molecule has 0 spiro atoms. The zero-order valence-corrected chi connectivity index (χ0v) is 16.6.